The van der Waals surface area contributed by atoms with Crippen molar-refractivity contribution in [3.05, 3.63) is 57.8 Å². The van der Waals surface area contributed by atoms with E-state index in [1.807, 2.05) is 35.6 Å². The van der Waals surface area contributed by atoms with E-state index in [1.54, 1.807) is 7.11 Å². The van der Waals surface area contributed by atoms with Crippen LogP contribution in [0.15, 0.2) is 41.8 Å². The molecule has 0 radical (unpaired) electrons. The van der Waals surface area contributed by atoms with Gasteiger partial charge in [0.1, 0.15) is 0 Å². The van der Waals surface area contributed by atoms with Gasteiger partial charge in [-0.25, -0.2) is 0 Å². The van der Waals surface area contributed by atoms with Gasteiger partial charge in [-0.15, -0.1) is 11.3 Å². The molecule has 1 amide bonds. The number of nitrogens with one attached hydrogen (secondary N) is 1. The van der Waals surface area contributed by atoms with Gasteiger partial charge in [-0.3, -0.25) is 9.69 Å². The minimum Gasteiger partial charge on any atom is -0.380 e. The van der Waals surface area contributed by atoms with Gasteiger partial charge in [0.25, 0.3) is 5.91 Å². The molecule has 1 aromatic heterocycles. The van der Waals surface area contributed by atoms with Crippen molar-refractivity contribution >= 4 is 17.2 Å². The van der Waals surface area contributed by atoms with Crippen LogP contribution in [0.1, 0.15) is 33.6 Å². The summed E-state index contributed by atoms with van der Waals surface area (Å²) in [6.45, 7) is 4.64. The number of benzene rings is 1. The zero-order valence-electron chi connectivity index (χ0n) is 14.7. The molecular formula is C20H26N2O2S. The maximum absolute atomic E-state index is 12.3. The van der Waals surface area contributed by atoms with Gasteiger partial charge >= 0.3 is 0 Å². The number of ether oxygens (including phenoxy) is 1. The number of amides is 1. The largest absolute Gasteiger partial charge is 0.380 e. The predicted octanol–water partition coefficient (Wildman–Crippen LogP) is 3.54. The molecule has 0 aliphatic carbocycles. The third-order valence-corrected chi connectivity index (χ3v) is 5.61. The Bertz CT molecular complexity index is 647. The van der Waals surface area contributed by atoms with E-state index in [-0.39, 0.29) is 5.91 Å². The highest BCUT2D eigenvalue weighted by atomic mass is 32.1. The topological polar surface area (TPSA) is 41.6 Å². The van der Waals surface area contributed by atoms with E-state index in [9.17, 15) is 4.79 Å². The zero-order valence-corrected chi connectivity index (χ0v) is 15.6. The average molecular weight is 359 g/mol. The molecule has 1 aliphatic rings. The second-order valence-electron chi connectivity index (χ2n) is 6.64. The van der Waals surface area contributed by atoms with Crippen LogP contribution >= 0.6 is 11.3 Å². The molecule has 0 spiro atoms. The van der Waals surface area contributed by atoms with E-state index < -0.39 is 0 Å². The summed E-state index contributed by atoms with van der Waals surface area (Å²) in [5, 5.41) is 5.23. The van der Waals surface area contributed by atoms with Crippen LogP contribution in [-0.4, -0.2) is 37.6 Å². The number of nitrogens with zero attached hydrogens (tertiary/aromatic N) is 1. The number of hydrogen-bond acceptors (Lipinski definition) is 4. The molecule has 5 heteroatoms. The normalized spacial score (nSPS) is 16.0. The Labute approximate surface area is 153 Å². The van der Waals surface area contributed by atoms with Crippen molar-refractivity contribution < 1.29 is 9.53 Å². The van der Waals surface area contributed by atoms with Crippen molar-refractivity contribution in [2.24, 2.45) is 5.92 Å². The molecule has 1 N–H and O–H groups in total. The summed E-state index contributed by atoms with van der Waals surface area (Å²) in [6, 6.07) is 11.9. The fraction of sp³-hybridized carbons (Fsp3) is 0.450. The number of piperidine rings is 1. The maximum Gasteiger partial charge on any atom is 0.251 e. The van der Waals surface area contributed by atoms with Crippen molar-refractivity contribution in [2.75, 3.05) is 26.7 Å². The first-order valence-corrected chi connectivity index (χ1v) is 9.73. The van der Waals surface area contributed by atoms with Gasteiger partial charge in [0.15, 0.2) is 0 Å². The van der Waals surface area contributed by atoms with Crippen molar-refractivity contribution in [3.63, 3.8) is 0 Å². The van der Waals surface area contributed by atoms with Gasteiger partial charge in [-0.2, -0.15) is 0 Å². The number of thiophene rings is 1. The summed E-state index contributed by atoms with van der Waals surface area (Å²) in [7, 11) is 1.67. The molecule has 1 aromatic carbocycles. The lowest BCUT2D eigenvalue weighted by Gasteiger charge is -2.31. The van der Waals surface area contributed by atoms with Crippen LogP contribution in [0.25, 0.3) is 0 Å². The summed E-state index contributed by atoms with van der Waals surface area (Å²) < 4.78 is 5.09. The molecule has 2 aromatic rings. The van der Waals surface area contributed by atoms with Crippen LogP contribution in [0.2, 0.25) is 0 Å². The van der Waals surface area contributed by atoms with Crippen LogP contribution in [-0.2, 0) is 17.9 Å². The monoisotopic (exact) mass is 358 g/mol. The quantitative estimate of drug-likeness (QED) is 0.823. The van der Waals surface area contributed by atoms with E-state index >= 15 is 0 Å². The standard InChI is InChI=1S/C20H26N2O2S/c1-24-15-17-4-6-18(7-5-17)20(23)21-13-16-8-10-22(11-9-16)14-19-3-2-12-25-19/h2-7,12,16H,8-11,13-15H2,1H3,(H,21,23). The van der Waals surface area contributed by atoms with E-state index in [1.165, 1.54) is 4.88 Å². The third-order valence-electron chi connectivity index (χ3n) is 4.75. The second-order valence-corrected chi connectivity index (χ2v) is 7.67. The second kappa shape index (κ2) is 9.13. The van der Waals surface area contributed by atoms with E-state index in [0.717, 1.165) is 50.1 Å². The predicted molar refractivity (Wildman–Crippen MR) is 102 cm³/mol. The van der Waals surface area contributed by atoms with Crippen LogP contribution in [0.4, 0.5) is 0 Å². The minimum absolute atomic E-state index is 0.0185. The van der Waals surface area contributed by atoms with E-state index in [0.29, 0.717) is 12.5 Å². The number of likely N-dealkylation sites (tertiary alicyclic amines) is 1. The smallest absolute Gasteiger partial charge is 0.251 e. The molecule has 1 saturated heterocycles. The lowest BCUT2D eigenvalue weighted by molar-refractivity contribution is 0.0935. The van der Waals surface area contributed by atoms with Crippen molar-refractivity contribution in [1.29, 1.82) is 0 Å². The van der Waals surface area contributed by atoms with E-state index in [4.69, 9.17) is 4.74 Å². The highest BCUT2D eigenvalue weighted by molar-refractivity contribution is 7.09. The molecule has 0 saturated carbocycles. The number of methoxy groups -OCH3 is 1. The molecule has 3 rings (SSSR count). The first-order chi connectivity index (χ1) is 12.2. The SMILES string of the molecule is COCc1ccc(C(=O)NCC2CCN(Cc3cccs3)CC2)cc1. The Hall–Kier alpha value is -1.69. The zero-order chi connectivity index (χ0) is 17.5. The molecule has 0 atom stereocenters. The van der Waals surface area contributed by atoms with Crippen LogP contribution < -0.4 is 5.32 Å². The van der Waals surface area contributed by atoms with Gasteiger partial charge in [0, 0.05) is 30.6 Å². The molecule has 0 unspecified atom stereocenters. The molecule has 1 fully saturated rings. The van der Waals surface area contributed by atoms with Crippen LogP contribution in [0, 0.1) is 5.92 Å². The molecule has 2 heterocycles. The van der Waals surface area contributed by atoms with Crippen molar-refractivity contribution in [3.8, 4) is 0 Å². The Morgan fingerprint density at radius 2 is 2.00 bits per heavy atom. The number of carbonyl (C=O) groups is 1. The molecule has 4 nitrogen and oxygen atoms in total. The van der Waals surface area contributed by atoms with Crippen molar-refractivity contribution in [1.82, 2.24) is 10.2 Å². The summed E-state index contributed by atoms with van der Waals surface area (Å²) >= 11 is 1.83. The Kier molecular flexibility index (Phi) is 6.62. The molecule has 0 bridgehead atoms. The first kappa shape index (κ1) is 18.1. The van der Waals surface area contributed by atoms with Gasteiger partial charge in [-0.05, 0) is 61.0 Å². The molecule has 134 valence electrons. The summed E-state index contributed by atoms with van der Waals surface area (Å²) in [6.07, 6.45) is 2.30. The third kappa shape index (κ3) is 5.39. The Morgan fingerprint density at radius 1 is 1.24 bits per heavy atom. The average Bonchev–Trinajstić information content (AvgIpc) is 3.15. The fourth-order valence-electron chi connectivity index (χ4n) is 3.23. The molecule has 1 aliphatic heterocycles. The van der Waals surface area contributed by atoms with Crippen LogP contribution in [0.5, 0.6) is 0 Å². The highest BCUT2D eigenvalue weighted by Gasteiger charge is 2.20. The first-order valence-electron chi connectivity index (χ1n) is 8.85. The number of carbonyl (C=O) groups excluding carboxylic acids is 1. The highest BCUT2D eigenvalue weighted by Crippen LogP contribution is 2.20. The Balaban J connectivity index is 1.39. The summed E-state index contributed by atoms with van der Waals surface area (Å²) in [5.41, 5.74) is 1.80. The van der Waals surface area contributed by atoms with Gasteiger partial charge in [0.05, 0.1) is 6.61 Å². The van der Waals surface area contributed by atoms with Gasteiger partial charge in [-0.1, -0.05) is 18.2 Å². The number of hydrogen-bond donors (Lipinski definition) is 1. The molecule has 25 heavy (non-hydrogen) atoms. The van der Waals surface area contributed by atoms with Crippen molar-refractivity contribution in [2.45, 2.75) is 26.0 Å². The van der Waals surface area contributed by atoms with Crippen LogP contribution in [0.3, 0.4) is 0 Å². The van der Waals surface area contributed by atoms with Gasteiger partial charge < -0.3 is 10.1 Å². The van der Waals surface area contributed by atoms with E-state index in [2.05, 4.69) is 27.7 Å². The lowest BCUT2D eigenvalue weighted by atomic mass is 9.96. The lowest BCUT2D eigenvalue weighted by Crippen LogP contribution is -2.38. The molecular weight excluding hydrogens is 332 g/mol. The Morgan fingerprint density at radius 3 is 2.64 bits per heavy atom. The minimum atomic E-state index is 0.0185. The van der Waals surface area contributed by atoms with Gasteiger partial charge in [0.2, 0.25) is 0 Å². The summed E-state index contributed by atoms with van der Waals surface area (Å²) in [5.74, 6) is 0.598. The maximum atomic E-state index is 12.3. The fourth-order valence-corrected chi connectivity index (χ4v) is 3.98. The summed E-state index contributed by atoms with van der Waals surface area (Å²) in [4.78, 5) is 16.2. The number of rotatable bonds is 7.